The van der Waals surface area contributed by atoms with Crippen LogP contribution in [0.25, 0.3) is 0 Å². The summed E-state index contributed by atoms with van der Waals surface area (Å²) in [5.41, 5.74) is 17.6. The Morgan fingerprint density at radius 2 is 0.810 bits per heavy atom. The van der Waals surface area contributed by atoms with Crippen molar-refractivity contribution in [3.05, 3.63) is 141 Å². The van der Waals surface area contributed by atoms with Crippen molar-refractivity contribution < 1.29 is 19.2 Å². The third-order valence-corrected chi connectivity index (χ3v) is 7.60. The smallest absolute Gasteiger partial charge is 0.249 e. The second-order valence-electron chi connectivity index (χ2n) is 10.7. The van der Waals surface area contributed by atoms with E-state index in [-0.39, 0.29) is 11.6 Å². The molecule has 42 heavy (non-hydrogen) atoms. The topological polar surface area (TPSA) is 120 Å². The maximum atomic E-state index is 13.3. The largest absolute Gasteiger partial charge is 0.366 e. The Morgan fingerprint density at radius 3 is 1.14 bits per heavy atom. The van der Waals surface area contributed by atoms with Crippen LogP contribution in [-0.2, 0) is 12.8 Å². The van der Waals surface area contributed by atoms with Crippen LogP contribution >= 0.6 is 0 Å². The summed E-state index contributed by atoms with van der Waals surface area (Å²) < 4.78 is 0. The van der Waals surface area contributed by atoms with E-state index in [4.69, 9.17) is 11.5 Å². The lowest BCUT2D eigenvalue weighted by Crippen LogP contribution is -2.17. The van der Waals surface area contributed by atoms with Gasteiger partial charge in [0.15, 0.2) is 11.6 Å². The average Bonchev–Trinajstić information content (AvgIpc) is 2.98. The van der Waals surface area contributed by atoms with Crippen molar-refractivity contribution in [1.82, 2.24) is 0 Å². The van der Waals surface area contributed by atoms with Crippen molar-refractivity contribution in [2.24, 2.45) is 11.5 Å². The van der Waals surface area contributed by atoms with Crippen LogP contribution in [0, 0.1) is 13.8 Å². The summed E-state index contributed by atoms with van der Waals surface area (Å²) in [6.07, 6.45) is 4.19. The highest BCUT2D eigenvalue weighted by Crippen LogP contribution is 2.24. The molecule has 2 amide bonds. The van der Waals surface area contributed by atoms with E-state index in [9.17, 15) is 19.2 Å². The molecule has 0 aliphatic heterocycles. The number of rotatable bonds is 13. The molecule has 4 N–H and O–H groups in total. The third kappa shape index (κ3) is 7.07. The molecule has 0 fully saturated rings. The van der Waals surface area contributed by atoms with Gasteiger partial charge in [-0.3, -0.25) is 19.2 Å². The highest BCUT2D eigenvalue weighted by molar-refractivity contribution is 6.12. The summed E-state index contributed by atoms with van der Waals surface area (Å²) in [5, 5.41) is 0. The second-order valence-corrected chi connectivity index (χ2v) is 10.7. The molecule has 0 saturated carbocycles. The number of nitrogens with two attached hydrogens (primary N) is 2. The van der Waals surface area contributed by atoms with Gasteiger partial charge in [0.05, 0.1) is 0 Å². The fraction of sp³-hybridized carbons (Fsp3) is 0.222. The summed E-state index contributed by atoms with van der Waals surface area (Å²) in [6, 6.07) is 24.9. The van der Waals surface area contributed by atoms with E-state index >= 15 is 0 Å². The van der Waals surface area contributed by atoms with Gasteiger partial charge in [-0.25, -0.2) is 0 Å². The van der Waals surface area contributed by atoms with Gasteiger partial charge in [0.2, 0.25) is 11.8 Å². The summed E-state index contributed by atoms with van der Waals surface area (Å²) in [5.74, 6) is -1.39. The molecule has 0 bridgehead atoms. The van der Waals surface area contributed by atoms with Gasteiger partial charge < -0.3 is 11.5 Å². The highest BCUT2D eigenvalue weighted by Gasteiger charge is 2.20. The number of benzene rings is 4. The number of carbonyl (C=O) groups is 4. The van der Waals surface area contributed by atoms with Gasteiger partial charge in [-0.1, -0.05) is 96.8 Å². The highest BCUT2D eigenvalue weighted by atomic mass is 16.1. The van der Waals surface area contributed by atoms with Crippen LogP contribution in [-0.4, -0.2) is 23.4 Å². The maximum absolute atomic E-state index is 13.3. The molecule has 0 aliphatic carbocycles. The van der Waals surface area contributed by atoms with Gasteiger partial charge in [-0.05, 0) is 62.8 Å². The molecule has 6 heteroatoms. The quantitative estimate of drug-likeness (QED) is 0.147. The van der Waals surface area contributed by atoms with Crippen molar-refractivity contribution >= 4 is 23.4 Å². The predicted molar refractivity (Wildman–Crippen MR) is 165 cm³/mol. The molecular formula is C36H36N2O4. The first kappa shape index (κ1) is 30.1. The Bertz CT molecular complexity index is 1500. The molecule has 214 valence electrons. The predicted octanol–water partition coefficient (Wildman–Crippen LogP) is 6.31. The van der Waals surface area contributed by atoms with Gasteiger partial charge in [0.25, 0.3) is 0 Å². The summed E-state index contributed by atoms with van der Waals surface area (Å²) >= 11 is 0. The number of primary amides is 2. The zero-order valence-electron chi connectivity index (χ0n) is 24.1. The Kier molecular flexibility index (Phi) is 9.81. The van der Waals surface area contributed by atoms with Crippen LogP contribution in [0.15, 0.2) is 84.9 Å². The van der Waals surface area contributed by atoms with Gasteiger partial charge in [0.1, 0.15) is 0 Å². The van der Waals surface area contributed by atoms with Gasteiger partial charge in [-0.2, -0.15) is 0 Å². The monoisotopic (exact) mass is 560 g/mol. The minimum Gasteiger partial charge on any atom is -0.366 e. The lowest BCUT2D eigenvalue weighted by molar-refractivity contribution is 0.0989. The molecule has 0 spiro atoms. The fourth-order valence-corrected chi connectivity index (χ4v) is 5.28. The molecule has 4 rings (SSSR count). The molecule has 0 radical (unpaired) electrons. The first-order chi connectivity index (χ1) is 20.2. The number of carbonyl (C=O) groups excluding carboxylic acids is 4. The van der Waals surface area contributed by atoms with E-state index in [1.807, 2.05) is 38.1 Å². The third-order valence-electron chi connectivity index (χ3n) is 7.60. The molecule has 0 aromatic heterocycles. The number of unbranched alkanes of at least 4 members (excludes halogenated alkanes) is 3. The zero-order chi connectivity index (χ0) is 30.2. The molecule has 4 aromatic rings. The van der Waals surface area contributed by atoms with Crippen LogP contribution in [0.1, 0.15) is 100 Å². The first-order valence-electron chi connectivity index (χ1n) is 14.2. The Labute approximate surface area is 246 Å². The SMILES string of the molecule is Cc1ccc(C(=O)c2cccc(C(N)=O)c2CCCCCCc2c(C(N)=O)cccc2C(=O)c2ccc(C)cc2)cc1. The second kappa shape index (κ2) is 13.7. The molecule has 0 heterocycles. The number of hydrogen-bond acceptors (Lipinski definition) is 4. The maximum Gasteiger partial charge on any atom is 0.249 e. The van der Waals surface area contributed by atoms with Gasteiger partial charge >= 0.3 is 0 Å². The fourth-order valence-electron chi connectivity index (χ4n) is 5.28. The summed E-state index contributed by atoms with van der Waals surface area (Å²) in [6.45, 7) is 3.92. The van der Waals surface area contributed by atoms with Crippen molar-refractivity contribution in [2.75, 3.05) is 0 Å². The van der Waals surface area contributed by atoms with Gasteiger partial charge in [-0.15, -0.1) is 0 Å². The number of hydrogen-bond donors (Lipinski definition) is 2. The van der Waals surface area contributed by atoms with Crippen LogP contribution < -0.4 is 11.5 Å². The van der Waals surface area contributed by atoms with E-state index in [2.05, 4.69) is 0 Å². The first-order valence-corrected chi connectivity index (χ1v) is 14.2. The standard InChI is InChI=1S/C36H36N2O4/c1-23-15-19-25(20-16-23)33(39)29-11-7-13-31(35(37)41)27(29)9-5-3-4-6-10-28-30(12-8-14-32(28)36(38)42)34(40)26-21-17-24(2)18-22-26/h7-8,11-22H,3-6,9-10H2,1-2H3,(H2,37,41)(H2,38,42). The minimum absolute atomic E-state index is 0.137. The van der Waals surface area contributed by atoms with Crippen LogP contribution in [0.4, 0.5) is 0 Å². The summed E-state index contributed by atoms with van der Waals surface area (Å²) in [4.78, 5) is 51.1. The van der Waals surface area contributed by atoms with Crippen LogP contribution in [0.2, 0.25) is 0 Å². The normalized spacial score (nSPS) is 10.8. The Balaban J connectivity index is 1.44. The van der Waals surface area contributed by atoms with Crippen molar-refractivity contribution in [2.45, 2.75) is 52.4 Å². The number of ketones is 2. The molecule has 0 aliphatic rings. The van der Waals surface area contributed by atoms with E-state index in [0.717, 1.165) is 36.8 Å². The molecule has 0 atom stereocenters. The molecule has 0 saturated heterocycles. The number of amides is 2. The Morgan fingerprint density at radius 1 is 0.476 bits per heavy atom. The van der Waals surface area contributed by atoms with Crippen molar-refractivity contribution in [3.63, 3.8) is 0 Å². The summed E-state index contributed by atoms with van der Waals surface area (Å²) in [7, 11) is 0. The lowest BCUT2D eigenvalue weighted by atomic mass is 9.89. The average molecular weight is 561 g/mol. The van der Waals surface area contributed by atoms with E-state index < -0.39 is 11.8 Å². The zero-order valence-corrected chi connectivity index (χ0v) is 24.1. The van der Waals surface area contributed by atoms with E-state index in [1.54, 1.807) is 60.7 Å². The molecule has 4 aromatic carbocycles. The molecular weight excluding hydrogens is 524 g/mol. The minimum atomic E-state index is -0.558. The van der Waals surface area contributed by atoms with Crippen molar-refractivity contribution in [3.8, 4) is 0 Å². The molecule has 6 nitrogen and oxygen atoms in total. The van der Waals surface area contributed by atoms with Gasteiger partial charge in [0, 0.05) is 33.4 Å². The Hall–Kier alpha value is -4.84. The molecule has 0 unspecified atom stereocenters. The van der Waals surface area contributed by atoms with Crippen molar-refractivity contribution in [1.29, 1.82) is 0 Å². The van der Waals surface area contributed by atoms with E-state index in [0.29, 0.717) is 57.3 Å². The van der Waals surface area contributed by atoms with Crippen LogP contribution in [0.3, 0.4) is 0 Å². The van der Waals surface area contributed by atoms with E-state index in [1.165, 1.54) is 0 Å². The van der Waals surface area contributed by atoms with Crippen LogP contribution in [0.5, 0.6) is 0 Å². The lowest BCUT2D eigenvalue weighted by Gasteiger charge is -2.14. The number of aryl methyl sites for hydroxylation is 2.